The number of hydrazine groups is 1. The number of hydrogen-bond acceptors (Lipinski definition) is 3. The standard InChI is InChI=1S/C6H16N2S/c1-6(2,9-3)4-5-8-7/h8H,4-5,7H2,1-3H3. The molecule has 0 aromatic carbocycles. The van der Waals surface area contributed by atoms with Gasteiger partial charge in [0.2, 0.25) is 0 Å². The van der Waals surface area contributed by atoms with Gasteiger partial charge in [-0.1, -0.05) is 13.8 Å². The summed E-state index contributed by atoms with van der Waals surface area (Å²) in [7, 11) is 0. The Labute approximate surface area is 61.5 Å². The molecule has 3 heteroatoms. The van der Waals surface area contributed by atoms with Gasteiger partial charge in [0.05, 0.1) is 0 Å². The van der Waals surface area contributed by atoms with Crippen LogP contribution in [0, 0.1) is 0 Å². The molecule has 0 rings (SSSR count). The second kappa shape index (κ2) is 4.14. The second-order valence-corrected chi connectivity index (χ2v) is 4.18. The van der Waals surface area contributed by atoms with Gasteiger partial charge in [-0.3, -0.25) is 11.3 Å². The zero-order valence-electron chi connectivity index (χ0n) is 6.40. The van der Waals surface area contributed by atoms with Gasteiger partial charge >= 0.3 is 0 Å². The summed E-state index contributed by atoms with van der Waals surface area (Å²) in [6, 6.07) is 0. The van der Waals surface area contributed by atoms with E-state index in [0.29, 0.717) is 4.75 Å². The lowest BCUT2D eigenvalue weighted by atomic mass is 10.1. The average Bonchev–Trinajstić information content (AvgIpc) is 1.84. The van der Waals surface area contributed by atoms with Crippen molar-refractivity contribution in [1.29, 1.82) is 0 Å². The lowest BCUT2D eigenvalue weighted by Gasteiger charge is -2.20. The Balaban J connectivity index is 3.33. The van der Waals surface area contributed by atoms with Crippen LogP contribution in [0.15, 0.2) is 0 Å². The third-order valence-electron chi connectivity index (χ3n) is 1.42. The molecule has 0 spiro atoms. The fourth-order valence-corrected chi connectivity index (χ4v) is 0.781. The molecule has 0 aromatic heterocycles. The molecule has 0 atom stereocenters. The van der Waals surface area contributed by atoms with Gasteiger partial charge < -0.3 is 0 Å². The van der Waals surface area contributed by atoms with Crippen molar-refractivity contribution in [1.82, 2.24) is 5.43 Å². The molecule has 0 aliphatic heterocycles. The Kier molecular flexibility index (Phi) is 4.27. The van der Waals surface area contributed by atoms with Gasteiger partial charge in [-0.2, -0.15) is 11.8 Å². The molecule has 0 radical (unpaired) electrons. The topological polar surface area (TPSA) is 38.0 Å². The molecular formula is C6H16N2S. The Morgan fingerprint density at radius 3 is 2.44 bits per heavy atom. The Bertz CT molecular complexity index is 73.5. The summed E-state index contributed by atoms with van der Waals surface area (Å²) in [5.41, 5.74) is 2.64. The smallest absolute Gasteiger partial charge is 0.0113 e. The molecule has 0 unspecified atom stereocenters. The van der Waals surface area contributed by atoms with Crippen molar-refractivity contribution in [3.63, 3.8) is 0 Å². The first-order chi connectivity index (χ1) is 4.12. The molecule has 0 saturated heterocycles. The highest BCUT2D eigenvalue weighted by molar-refractivity contribution is 7.99. The first-order valence-corrected chi connectivity index (χ1v) is 4.33. The van der Waals surface area contributed by atoms with E-state index in [0.717, 1.165) is 13.0 Å². The van der Waals surface area contributed by atoms with Crippen LogP contribution in [0.2, 0.25) is 0 Å². The van der Waals surface area contributed by atoms with Crippen molar-refractivity contribution >= 4 is 11.8 Å². The first kappa shape index (κ1) is 9.27. The highest BCUT2D eigenvalue weighted by atomic mass is 32.2. The van der Waals surface area contributed by atoms with Crippen LogP contribution in [0.5, 0.6) is 0 Å². The van der Waals surface area contributed by atoms with Crippen LogP contribution in [-0.2, 0) is 0 Å². The summed E-state index contributed by atoms with van der Waals surface area (Å²) < 4.78 is 0.367. The number of thioether (sulfide) groups is 1. The minimum absolute atomic E-state index is 0.367. The van der Waals surface area contributed by atoms with E-state index in [2.05, 4.69) is 25.5 Å². The second-order valence-electron chi connectivity index (χ2n) is 2.67. The van der Waals surface area contributed by atoms with Crippen LogP contribution in [0.4, 0.5) is 0 Å². The zero-order chi connectivity index (χ0) is 7.33. The molecule has 56 valence electrons. The van der Waals surface area contributed by atoms with Gasteiger partial charge in [-0.15, -0.1) is 0 Å². The largest absolute Gasteiger partial charge is 0.271 e. The van der Waals surface area contributed by atoms with Crippen LogP contribution in [-0.4, -0.2) is 17.5 Å². The minimum Gasteiger partial charge on any atom is -0.271 e. The molecule has 0 aliphatic carbocycles. The Morgan fingerprint density at radius 2 is 2.11 bits per heavy atom. The summed E-state index contributed by atoms with van der Waals surface area (Å²) in [6.45, 7) is 5.33. The molecule has 0 heterocycles. The third kappa shape index (κ3) is 4.75. The molecule has 0 aliphatic rings. The van der Waals surface area contributed by atoms with Crippen LogP contribution in [0.1, 0.15) is 20.3 Å². The van der Waals surface area contributed by atoms with Gasteiger partial charge in [0.25, 0.3) is 0 Å². The summed E-state index contributed by atoms with van der Waals surface area (Å²) in [4.78, 5) is 0. The molecule has 0 saturated carbocycles. The van der Waals surface area contributed by atoms with Crippen LogP contribution in [0.3, 0.4) is 0 Å². The van der Waals surface area contributed by atoms with Crippen molar-refractivity contribution in [3.8, 4) is 0 Å². The maximum Gasteiger partial charge on any atom is 0.0113 e. The van der Waals surface area contributed by atoms with Gasteiger partial charge in [0.1, 0.15) is 0 Å². The predicted octanol–water partition coefficient (Wildman–Crippen LogP) is 0.981. The molecule has 2 nitrogen and oxygen atoms in total. The van der Waals surface area contributed by atoms with Crippen LogP contribution >= 0.6 is 11.8 Å². The highest BCUT2D eigenvalue weighted by Crippen LogP contribution is 2.23. The molecule has 0 aromatic rings. The minimum atomic E-state index is 0.367. The van der Waals surface area contributed by atoms with Gasteiger partial charge in [0, 0.05) is 11.3 Å². The van der Waals surface area contributed by atoms with Crippen molar-refractivity contribution in [2.24, 2.45) is 5.84 Å². The van der Waals surface area contributed by atoms with Crippen molar-refractivity contribution in [2.45, 2.75) is 25.0 Å². The predicted molar refractivity (Wildman–Crippen MR) is 44.4 cm³/mol. The Morgan fingerprint density at radius 1 is 1.56 bits per heavy atom. The van der Waals surface area contributed by atoms with E-state index in [-0.39, 0.29) is 0 Å². The molecule has 0 bridgehead atoms. The van der Waals surface area contributed by atoms with Gasteiger partial charge in [0.15, 0.2) is 0 Å². The summed E-state index contributed by atoms with van der Waals surface area (Å²) >= 11 is 1.87. The SMILES string of the molecule is CSC(C)(C)CCNN. The number of nitrogens with one attached hydrogen (secondary N) is 1. The monoisotopic (exact) mass is 148 g/mol. The van der Waals surface area contributed by atoms with Crippen LogP contribution < -0.4 is 11.3 Å². The molecular weight excluding hydrogens is 132 g/mol. The summed E-state index contributed by atoms with van der Waals surface area (Å²) in [5, 5.41) is 0. The number of nitrogens with two attached hydrogens (primary N) is 1. The number of hydrogen-bond donors (Lipinski definition) is 2. The van der Waals surface area contributed by atoms with Crippen molar-refractivity contribution in [2.75, 3.05) is 12.8 Å². The lowest BCUT2D eigenvalue weighted by molar-refractivity contribution is 0.587. The molecule has 3 N–H and O–H groups in total. The summed E-state index contributed by atoms with van der Waals surface area (Å²) in [6.07, 6.45) is 3.24. The zero-order valence-corrected chi connectivity index (χ0v) is 7.22. The molecule has 9 heavy (non-hydrogen) atoms. The van der Waals surface area contributed by atoms with E-state index in [1.165, 1.54) is 0 Å². The average molecular weight is 148 g/mol. The normalized spacial score (nSPS) is 12.0. The number of rotatable bonds is 4. The maximum atomic E-state index is 5.13. The van der Waals surface area contributed by atoms with Crippen molar-refractivity contribution < 1.29 is 0 Å². The van der Waals surface area contributed by atoms with E-state index in [1.54, 1.807) is 0 Å². The fraction of sp³-hybridized carbons (Fsp3) is 1.00. The van der Waals surface area contributed by atoms with E-state index in [4.69, 9.17) is 5.84 Å². The van der Waals surface area contributed by atoms with E-state index in [1.807, 2.05) is 11.8 Å². The maximum absolute atomic E-state index is 5.13. The van der Waals surface area contributed by atoms with E-state index in [9.17, 15) is 0 Å². The highest BCUT2D eigenvalue weighted by Gasteiger charge is 2.13. The quantitative estimate of drug-likeness (QED) is 0.461. The van der Waals surface area contributed by atoms with Crippen LogP contribution in [0.25, 0.3) is 0 Å². The lowest BCUT2D eigenvalue weighted by Crippen LogP contribution is -2.28. The van der Waals surface area contributed by atoms with Crippen molar-refractivity contribution in [3.05, 3.63) is 0 Å². The van der Waals surface area contributed by atoms with E-state index >= 15 is 0 Å². The summed E-state index contributed by atoms with van der Waals surface area (Å²) in [5.74, 6) is 5.13. The van der Waals surface area contributed by atoms with Gasteiger partial charge in [-0.05, 0) is 12.7 Å². The first-order valence-electron chi connectivity index (χ1n) is 3.11. The van der Waals surface area contributed by atoms with Gasteiger partial charge in [-0.25, -0.2) is 0 Å². The third-order valence-corrected chi connectivity index (χ3v) is 2.73. The molecule has 0 amide bonds. The Hall–Kier alpha value is 0.270. The fourth-order valence-electron chi connectivity index (χ4n) is 0.475. The van der Waals surface area contributed by atoms with E-state index < -0.39 is 0 Å². The molecule has 0 fully saturated rings.